The molecular weight excluding hydrogens is 318 g/mol. The monoisotopic (exact) mass is 337 g/mol. The van der Waals surface area contributed by atoms with Crippen LogP contribution in [0.5, 0.6) is 5.75 Å². The highest BCUT2D eigenvalue weighted by atomic mass is 79.9. The summed E-state index contributed by atoms with van der Waals surface area (Å²) in [5.41, 5.74) is 2.26. The molecule has 1 N–H and O–H groups in total. The average molecular weight is 338 g/mol. The smallest absolute Gasteiger partial charge is 0.124 e. The zero-order valence-corrected chi connectivity index (χ0v) is 13.7. The molecular formula is C16H20BrNO2. The molecule has 0 spiro atoms. The van der Waals surface area contributed by atoms with Crippen molar-refractivity contribution in [2.75, 3.05) is 13.7 Å². The lowest BCUT2D eigenvalue weighted by atomic mass is 9.98. The highest BCUT2D eigenvalue weighted by Crippen LogP contribution is 2.34. The van der Waals surface area contributed by atoms with Crippen LogP contribution >= 0.6 is 15.9 Å². The SMILES string of the molecule is CCCNC(c1cc(Br)ccc1OC)c1ccoc1C. The molecule has 1 aromatic carbocycles. The number of hydrogen-bond donors (Lipinski definition) is 1. The van der Waals surface area contributed by atoms with Gasteiger partial charge < -0.3 is 14.5 Å². The summed E-state index contributed by atoms with van der Waals surface area (Å²) in [5.74, 6) is 1.81. The molecule has 0 bridgehead atoms. The van der Waals surface area contributed by atoms with Crippen LogP contribution in [0, 0.1) is 6.92 Å². The number of halogens is 1. The number of aryl methyl sites for hydroxylation is 1. The van der Waals surface area contributed by atoms with Gasteiger partial charge in [0, 0.05) is 15.6 Å². The summed E-state index contributed by atoms with van der Waals surface area (Å²) in [6.07, 6.45) is 2.81. The summed E-state index contributed by atoms with van der Waals surface area (Å²) in [6.45, 7) is 5.08. The van der Waals surface area contributed by atoms with Gasteiger partial charge in [-0.05, 0) is 44.2 Å². The molecule has 0 saturated heterocycles. The Labute approximate surface area is 128 Å². The lowest BCUT2D eigenvalue weighted by molar-refractivity contribution is 0.403. The predicted octanol–water partition coefficient (Wildman–Crippen LogP) is 4.45. The predicted molar refractivity (Wildman–Crippen MR) is 84.3 cm³/mol. The lowest BCUT2D eigenvalue weighted by Crippen LogP contribution is -2.24. The van der Waals surface area contributed by atoms with Gasteiger partial charge in [0.1, 0.15) is 11.5 Å². The van der Waals surface area contributed by atoms with Gasteiger partial charge in [0.25, 0.3) is 0 Å². The van der Waals surface area contributed by atoms with Crippen molar-refractivity contribution in [3.05, 3.63) is 51.9 Å². The molecule has 2 aromatic rings. The van der Waals surface area contributed by atoms with Crippen molar-refractivity contribution >= 4 is 15.9 Å². The van der Waals surface area contributed by atoms with Crippen molar-refractivity contribution in [3.8, 4) is 5.75 Å². The second-order valence-corrected chi connectivity index (χ2v) is 5.62. The van der Waals surface area contributed by atoms with Crippen molar-refractivity contribution in [1.82, 2.24) is 5.32 Å². The van der Waals surface area contributed by atoms with Crippen molar-refractivity contribution in [3.63, 3.8) is 0 Å². The van der Waals surface area contributed by atoms with E-state index in [2.05, 4.69) is 34.2 Å². The quantitative estimate of drug-likeness (QED) is 0.845. The molecule has 0 saturated carbocycles. The molecule has 1 aromatic heterocycles. The first-order chi connectivity index (χ1) is 9.67. The molecule has 4 heteroatoms. The molecule has 2 rings (SSSR count). The third-order valence-electron chi connectivity index (χ3n) is 3.31. The summed E-state index contributed by atoms with van der Waals surface area (Å²) in [4.78, 5) is 0. The Hall–Kier alpha value is -1.26. The molecule has 20 heavy (non-hydrogen) atoms. The molecule has 1 atom stereocenters. The fourth-order valence-corrected chi connectivity index (χ4v) is 2.68. The van der Waals surface area contributed by atoms with Crippen LogP contribution in [-0.2, 0) is 0 Å². The van der Waals surface area contributed by atoms with E-state index in [-0.39, 0.29) is 6.04 Å². The number of methoxy groups -OCH3 is 1. The highest BCUT2D eigenvalue weighted by Gasteiger charge is 2.21. The number of furan rings is 1. The zero-order valence-electron chi connectivity index (χ0n) is 12.1. The number of ether oxygens (including phenoxy) is 1. The molecule has 0 aliphatic heterocycles. The van der Waals surface area contributed by atoms with E-state index in [1.165, 1.54) is 0 Å². The standard InChI is InChI=1S/C16H20BrNO2/c1-4-8-18-16(13-7-9-20-11(13)2)14-10-12(17)5-6-15(14)19-3/h5-7,9-10,16,18H,4,8H2,1-3H3. The van der Waals surface area contributed by atoms with Gasteiger partial charge in [0.05, 0.1) is 19.4 Å². The first-order valence-corrected chi connectivity index (χ1v) is 7.57. The van der Waals surface area contributed by atoms with Gasteiger partial charge in [-0.2, -0.15) is 0 Å². The van der Waals surface area contributed by atoms with E-state index < -0.39 is 0 Å². The number of hydrogen-bond acceptors (Lipinski definition) is 3. The van der Waals surface area contributed by atoms with E-state index in [0.717, 1.165) is 40.1 Å². The largest absolute Gasteiger partial charge is 0.496 e. The van der Waals surface area contributed by atoms with Crippen LogP contribution in [0.2, 0.25) is 0 Å². The van der Waals surface area contributed by atoms with Crippen molar-refractivity contribution in [2.24, 2.45) is 0 Å². The fraction of sp³-hybridized carbons (Fsp3) is 0.375. The second-order valence-electron chi connectivity index (χ2n) is 4.71. The van der Waals surface area contributed by atoms with Gasteiger partial charge in [-0.3, -0.25) is 0 Å². The maximum atomic E-state index is 5.51. The minimum absolute atomic E-state index is 0.0705. The van der Waals surface area contributed by atoms with Gasteiger partial charge in [0.2, 0.25) is 0 Å². The van der Waals surface area contributed by atoms with E-state index >= 15 is 0 Å². The van der Waals surface area contributed by atoms with E-state index in [1.807, 2.05) is 25.1 Å². The molecule has 0 radical (unpaired) electrons. The van der Waals surface area contributed by atoms with Crippen molar-refractivity contribution < 1.29 is 9.15 Å². The van der Waals surface area contributed by atoms with Crippen LogP contribution in [0.4, 0.5) is 0 Å². The maximum Gasteiger partial charge on any atom is 0.124 e. The number of benzene rings is 1. The number of nitrogens with one attached hydrogen (secondary N) is 1. The molecule has 0 aliphatic rings. The van der Waals surface area contributed by atoms with Gasteiger partial charge in [-0.25, -0.2) is 0 Å². The first kappa shape index (κ1) is 15.1. The summed E-state index contributed by atoms with van der Waals surface area (Å²) < 4.78 is 12.0. The zero-order chi connectivity index (χ0) is 14.5. The Bertz CT molecular complexity index is 565. The Balaban J connectivity index is 2.46. The Kier molecular flexibility index (Phi) is 5.26. The third-order valence-corrected chi connectivity index (χ3v) is 3.80. The third kappa shape index (κ3) is 3.25. The Morgan fingerprint density at radius 2 is 2.10 bits per heavy atom. The molecule has 108 valence electrons. The Morgan fingerprint density at radius 3 is 2.70 bits per heavy atom. The van der Waals surface area contributed by atoms with Crippen LogP contribution in [0.25, 0.3) is 0 Å². The van der Waals surface area contributed by atoms with Crippen molar-refractivity contribution in [2.45, 2.75) is 26.3 Å². The Morgan fingerprint density at radius 1 is 1.30 bits per heavy atom. The van der Waals surface area contributed by atoms with Crippen molar-refractivity contribution in [1.29, 1.82) is 0 Å². The van der Waals surface area contributed by atoms with E-state index in [9.17, 15) is 0 Å². The number of rotatable bonds is 6. The summed E-state index contributed by atoms with van der Waals surface area (Å²) >= 11 is 3.54. The molecule has 0 amide bonds. The summed E-state index contributed by atoms with van der Waals surface area (Å²) in [5, 5.41) is 3.57. The minimum atomic E-state index is 0.0705. The molecule has 0 fully saturated rings. The highest BCUT2D eigenvalue weighted by molar-refractivity contribution is 9.10. The lowest BCUT2D eigenvalue weighted by Gasteiger charge is -2.21. The summed E-state index contributed by atoms with van der Waals surface area (Å²) in [6, 6.07) is 8.15. The van der Waals surface area contributed by atoms with Crippen LogP contribution in [0.3, 0.4) is 0 Å². The van der Waals surface area contributed by atoms with Crippen LogP contribution in [0.15, 0.2) is 39.4 Å². The topological polar surface area (TPSA) is 34.4 Å². The van der Waals surface area contributed by atoms with Crippen LogP contribution in [0.1, 0.15) is 36.3 Å². The van der Waals surface area contributed by atoms with Gasteiger partial charge in [-0.1, -0.05) is 22.9 Å². The van der Waals surface area contributed by atoms with Crippen LogP contribution in [-0.4, -0.2) is 13.7 Å². The molecule has 3 nitrogen and oxygen atoms in total. The minimum Gasteiger partial charge on any atom is -0.496 e. The van der Waals surface area contributed by atoms with Gasteiger partial charge in [-0.15, -0.1) is 0 Å². The van der Waals surface area contributed by atoms with E-state index in [1.54, 1.807) is 13.4 Å². The average Bonchev–Trinajstić information content (AvgIpc) is 2.86. The molecule has 1 unspecified atom stereocenters. The van der Waals surface area contributed by atoms with Gasteiger partial charge in [0.15, 0.2) is 0 Å². The summed E-state index contributed by atoms with van der Waals surface area (Å²) in [7, 11) is 1.70. The fourth-order valence-electron chi connectivity index (χ4n) is 2.30. The maximum absolute atomic E-state index is 5.51. The second kappa shape index (κ2) is 6.95. The first-order valence-electron chi connectivity index (χ1n) is 6.78. The molecule has 1 heterocycles. The van der Waals surface area contributed by atoms with E-state index in [0.29, 0.717) is 0 Å². The van der Waals surface area contributed by atoms with Crippen LogP contribution < -0.4 is 10.1 Å². The normalized spacial score (nSPS) is 12.4. The van der Waals surface area contributed by atoms with Gasteiger partial charge >= 0.3 is 0 Å². The van der Waals surface area contributed by atoms with E-state index in [4.69, 9.17) is 9.15 Å². The molecule has 0 aliphatic carbocycles.